The van der Waals surface area contributed by atoms with Crippen molar-refractivity contribution in [1.82, 2.24) is 20.9 Å². The third-order valence-electron chi connectivity index (χ3n) is 8.41. The topological polar surface area (TPSA) is 120 Å². The van der Waals surface area contributed by atoms with Crippen molar-refractivity contribution >= 4 is 17.8 Å². The largest absolute Gasteiger partial charge is 0.483 e. The Kier molecular flexibility index (Phi) is 12.6. The minimum atomic E-state index is -0.992. The minimum Gasteiger partial charge on any atom is -0.483 e. The highest BCUT2D eigenvalue weighted by Crippen LogP contribution is 2.22. The molecule has 1 aliphatic heterocycles. The molecule has 0 radical (unpaired) electrons. The standard InChI is InChI=1S/C37H48N4O5/c1-25(2)34(41-20-12-19-38-37(41)45)36(44)39-30(21-28-15-7-5-8-16-28)23-32(42)31(22-29-17-9-6-10-18-29)40-33(43)24-46-35-26(3)13-11-14-27(35)4/h5-11,13-18,25,30-32,34,42H,12,19-24H2,1-4H3,(H,38,45)(H,39,44)(H,40,43)/t30-,31-,32+,34?/m0/s1. The number of hydrogen-bond donors (Lipinski definition) is 4. The van der Waals surface area contributed by atoms with Crippen molar-refractivity contribution in [2.45, 2.75) is 77.6 Å². The maximum Gasteiger partial charge on any atom is 0.318 e. The van der Waals surface area contributed by atoms with Crippen LogP contribution in [0, 0.1) is 19.8 Å². The fourth-order valence-electron chi connectivity index (χ4n) is 6.12. The first-order chi connectivity index (χ1) is 22.1. The van der Waals surface area contributed by atoms with E-state index in [1.807, 2.05) is 107 Å². The van der Waals surface area contributed by atoms with Crippen LogP contribution in [0.25, 0.3) is 0 Å². The summed E-state index contributed by atoms with van der Waals surface area (Å²) in [5, 5.41) is 20.7. The number of amides is 4. The molecule has 0 bridgehead atoms. The highest BCUT2D eigenvalue weighted by Gasteiger charge is 2.35. The molecule has 9 nitrogen and oxygen atoms in total. The first-order valence-electron chi connectivity index (χ1n) is 16.2. The van der Waals surface area contributed by atoms with Crippen molar-refractivity contribution in [3.63, 3.8) is 0 Å². The Hall–Kier alpha value is -4.37. The van der Waals surface area contributed by atoms with E-state index in [1.165, 1.54) is 0 Å². The molecular weight excluding hydrogens is 580 g/mol. The van der Waals surface area contributed by atoms with Gasteiger partial charge in [-0.15, -0.1) is 0 Å². The van der Waals surface area contributed by atoms with Crippen LogP contribution in [0.3, 0.4) is 0 Å². The molecule has 9 heteroatoms. The van der Waals surface area contributed by atoms with E-state index in [4.69, 9.17) is 4.74 Å². The van der Waals surface area contributed by atoms with Crippen LogP contribution in [0.1, 0.15) is 48.9 Å². The van der Waals surface area contributed by atoms with Crippen molar-refractivity contribution in [3.8, 4) is 5.75 Å². The number of urea groups is 1. The second-order valence-corrected chi connectivity index (χ2v) is 12.5. The van der Waals surface area contributed by atoms with Crippen LogP contribution in [0.15, 0.2) is 78.9 Å². The molecule has 4 atom stereocenters. The smallest absolute Gasteiger partial charge is 0.318 e. The van der Waals surface area contributed by atoms with Gasteiger partial charge in [0.1, 0.15) is 11.8 Å². The maximum absolute atomic E-state index is 13.8. The van der Waals surface area contributed by atoms with Gasteiger partial charge in [-0.2, -0.15) is 0 Å². The number of aliphatic hydroxyl groups excluding tert-OH is 1. The second-order valence-electron chi connectivity index (χ2n) is 12.5. The zero-order valence-electron chi connectivity index (χ0n) is 27.4. The number of hydrogen-bond acceptors (Lipinski definition) is 5. The van der Waals surface area contributed by atoms with Gasteiger partial charge in [0.2, 0.25) is 5.91 Å². The molecule has 1 fully saturated rings. The summed E-state index contributed by atoms with van der Waals surface area (Å²) in [6.07, 6.45) is 0.831. The predicted molar refractivity (Wildman–Crippen MR) is 180 cm³/mol. The van der Waals surface area contributed by atoms with Crippen molar-refractivity contribution in [1.29, 1.82) is 0 Å². The monoisotopic (exact) mass is 628 g/mol. The normalized spacial score (nSPS) is 15.8. The molecule has 46 heavy (non-hydrogen) atoms. The fourth-order valence-corrected chi connectivity index (χ4v) is 6.12. The summed E-state index contributed by atoms with van der Waals surface area (Å²) in [6.45, 7) is 8.63. The van der Waals surface area contributed by atoms with Gasteiger partial charge in [-0.25, -0.2) is 4.79 Å². The maximum atomic E-state index is 13.8. The summed E-state index contributed by atoms with van der Waals surface area (Å²) >= 11 is 0. The van der Waals surface area contributed by atoms with Crippen LogP contribution in [0.2, 0.25) is 0 Å². The molecule has 4 N–H and O–H groups in total. The Balaban J connectivity index is 1.52. The molecule has 0 aromatic heterocycles. The van der Waals surface area contributed by atoms with E-state index in [2.05, 4.69) is 16.0 Å². The Bertz CT molecular complexity index is 1410. The molecule has 4 rings (SSSR count). The quantitative estimate of drug-likeness (QED) is 0.200. The average molecular weight is 629 g/mol. The number of aryl methyl sites for hydroxylation is 2. The summed E-state index contributed by atoms with van der Waals surface area (Å²) in [7, 11) is 0. The predicted octanol–water partition coefficient (Wildman–Crippen LogP) is 4.33. The summed E-state index contributed by atoms with van der Waals surface area (Å²) in [5.41, 5.74) is 3.84. The Labute approximate surface area is 272 Å². The van der Waals surface area contributed by atoms with Gasteiger partial charge in [0.25, 0.3) is 5.91 Å². The molecule has 0 spiro atoms. The first kappa shape index (κ1) is 34.5. The van der Waals surface area contributed by atoms with Crippen molar-refractivity contribution in [2.75, 3.05) is 19.7 Å². The van der Waals surface area contributed by atoms with Gasteiger partial charge in [0, 0.05) is 19.1 Å². The van der Waals surface area contributed by atoms with Crippen molar-refractivity contribution in [2.24, 2.45) is 5.92 Å². The number of ether oxygens (including phenoxy) is 1. The number of carbonyl (C=O) groups excluding carboxylic acids is 3. The molecular formula is C37H48N4O5. The Morgan fingerprint density at radius 1 is 0.891 bits per heavy atom. The van der Waals surface area contributed by atoms with Gasteiger partial charge >= 0.3 is 6.03 Å². The number of rotatable bonds is 15. The SMILES string of the molecule is Cc1cccc(C)c1OCC(=O)N[C@@H](Cc1ccccc1)[C@H](O)C[C@H](Cc1ccccc1)NC(=O)C(C(C)C)N1CCCNC1=O. The van der Waals surface area contributed by atoms with Crippen LogP contribution < -0.4 is 20.7 Å². The molecule has 4 amide bonds. The number of benzene rings is 3. The number of aliphatic hydroxyl groups is 1. The van der Waals surface area contributed by atoms with E-state index >= 15 is 0 Å². The highest BCUT2D eigenvalue weighted by molar-refractivity contribution is 5.87. The van der Waals surface area contributed by atoms with Crippen LogP contribution in [0.4, 0.5) is 4.79 Å². The lowest BCUT2D eigenvalue weighted by atomic mass is 9.92. The van der Waals surface area contributed by atoms with Gasteiger partial charge in [0.15, 0.2) is 6.61 Å². The number of para-hydroxylation sites is 1. The first-order valence-corrected chi connectivity index (χ1v) is 16.2. The van der Waals surface area contributed by atoms with Crippen LogP contribution in [-0.4, -0.2) is 71.8 Å². The van der Waals surface area contributed by atoms with E-state index in [1.54, 1.807) is 4.90 Å². The molecule has 1 heterocycles. The lowest BCUT2D eigenvalue weighted by Crippen LogP contribution is -2.59. The molecule has 0 aliphatic carbocycles. The number of nitrogens with zero attached hydrogens (tertiary/aromatic N) is 1. The lowest BCUT2D eigenvalue weighted by molar-refractivity contribution is -0.128. The van der Waals surface area contributed by atoms with Gasteiger partial charge < -0.3 is 30.7 Å². The minimum absolute atomic E-state index is 0.117. The summed E-state index contributed by atoms with van der Waals surface area (Å²) < 4.78 is 5.90. The van der Waals surface area contributed by atoms with Gasteiger partial charge in [-0.05, 0) is 67.7 Å². The van der Waals surface area contributed by atoms with E-state index in [0.29, 0.717) is 31.7 Å². The van der Waals surface area contributed by atoms with E-state index in [0.717, 1.165) is 28.7 Å². The highest BCUT2D eigenvalue weighted by atomic mass is 16.5. The van der Waals surface area contributed by atoms with E-state index < -0.39 is 24.2 Å². The second kappa shape index (κ2) is 16.8. The summed E-state index contributed by atoms with van der Waals surface area (Å²) in [5.74, 6) is -0.0493. The van der Waals surface area contributed by atoms with Crippen LogP contribution in [-0.2, 0) is 22.4 Å². The molecule has 1 unspecified atom stereocenters. The van der Waals surface area contributed by atoms with Crippen molar-refractivity contribution in [3.05, 3.63) is 101 Å². The van der Waals surface area contributed by atoms with E-state index in [-0.39, 0.29) is 36.8 Å². The zero-order valence-corrected chi connectivity index (χ0v) is 27.4. The molecule has 1 saturated heterocycles. The average Bonchev–Trinajstić information content (AvgIpc) is 3.02. The third kappa shape index (κ3) is 9.81. The Morgan fingerprint density at radius 3 is 2.09 bits per heavy atom. The molecule has 3 aromatic rings. The third-order valence-corrected chi connectivity index (χ3v) is 8.41. The molecule has 1 aliphatic rings. The Morgan fingerprint density at radius 2 is 1.50 bits per heavy atom. The van der Waals surface area contributed by atoms with Gasteiger partial charge in [-0.1, -0.05) is 92.7 Å². The molecule has 3 aromatic carbocycles. The zero-order chi connectivity index (χ0) is 33.1. The lowest BCUT2D eigenvalue weighted by Gasteiger charge is -2.37. The molecule has 246 valence electrons. The van der Waals surface area contributed by atoms with Crippen LogP contribution >= 0.6 is 0 Å². The van der Waals surface area contributed by atoms with Gasteiger partial charge in [0.05, 0.1) is 12.1 Å². The number of nitrogens with one attached hydrogen (secondary N) is 3. The number of carbonyl (C=O) groups is 3. The van der Waals surface area contributed by atoms with Crippen molar-refractivity contribution < 1.29 is 24.2 Å². The fraction of sp³-hybridized carbons (Fsp3) is 0.432. The van der Waals surface area contributed by atoms with Gasteiger partial charge in [-0.3, -0.25) is 9.59 Å². The van der Waals surface area contributed by atoms with E-state index in [9.17, 15) is 19.5 Å². The summed E-state index contributed by atoms with van der Waals surface area (Å²) in [4.78, 5) is 41.3. The molecule has 0 saturated carbocycles. The van der Waals surface area contributed by atoms with Crippen LogP contribution in [0.5, 0.6) is 5.75 Å². The summed E-state index contributed by atoms with van der Waals surface area (Å²) in [6, 6.07) is 23.3.